The van der Waals surface area contributed by atoms with Gasteiger partial charge in [0.15, 0.2) is 0 Å². The largest absolute Gasteiger partial charge is 0.468 e. The van der Waals surface area contributed by atoms with E-state index in [-0.39, 0.29) is 12.5 Å². The first kappa shape index (κ1) is 12.3. The van der Waals surface area contributed by atoms with Crippen molar-refractivity contribution in [3.8, 4) is 10.4 Å². The van der Waals surface area contributed by atoms with Gasteiger partial charge in [-0.05, 0) is 22.9 Å². The zero-order chi connectivity index (χ0) is 12.1. The fourth-order valence-electron chi connectivity index (χ4n) is 1.41. The number of methoxy groups -OCH3 is 1. The summed E-state index contributed by atoms with van der Waals surface area (Å²) in [7, 11) is 1.39. The Bertz CT molecular complexity index is 476. The first-order valence-electron chi connectivity index (χ1n) is 5.18. The van der Waals surface area contributed by atoms with Gasteiger partial charge in [0.1, 0.15) is 0 Å². The molecule has 0 aliphatic carbocycles. The Kier molecular flexibility index (Phi) is 4.30. The SMILES string of the molecule is COC(=O)CNCc1cc(-c2cccs2)cs1. The summed E-state index contributed by atoms with van der Waals surface area (Å²) in [6.07, 6.45) is 0. The lowest BCUT2D eigenvalue weighted by Gasteiger charge is -2.00. The number of hydrogen-bond donors (Lipinski definition) is 1. The van der Waals surface area contributed by atoms with Crippen molar-refractivity contribution >= 4 is 28.6 Å². The van der Waals surface area contributed by atoms with Gasteiger partial charge in [0.05, 0.1) is 13.7 Å². The average Bonchev–Trinajstić information content (AvgIpc) is 2.98. The molecule has 0 unspecified atom stereocenters. The van der Waals surface area contributed by atoms with Gasteiger partial charge in [-0.25, -0.2) is 0 Å². The summed E-state index contributed by atoms with van der Waals surface area (Å²) in [5, 5.41) is 7.26. The van der Waals surface area contributed by atoms with Crippen molar-refractivity contribution in [2.24, 2.45) is 0 Å². The lowest BCUT2D eigenvalue weighted by Crippen LogP contribution is -2.22. The van der Waals surface area contributed by atoms with Crippen LogP contribution in [0.15, 0.2) is 29.0 Å². The van der Waals surface area contributed by atoms with Crippen molar-refractivity contribution < 1.29 is 9.53 Å². The van der Waals surface area contributed by atoms with Gasteiger partial charge in [-0.15, -0.1) is 22.7 Å². The maximum atomic E-state index is 10.9. The van der Waals surface area contributed by atoms with Crippen molar-refractivity contribution in [1.82, 2.24) is 5.32 Å². The third kappa shape index (κ3) is 3.39. The Morgan fingerprint density at radius 3 is 3.06 bits per heavy atom. The first-order valence-corrected chi connectivity index (χ1v) is 6.94. The van der Waals surface area contributed by atoms with Crippen LogP contribution in [-0.2, 0) is 16.1 Å². The van der Waals surface area contributed by atoms with E-state index in [1.54, 1.807) is 22.7 Å². The Morgan fingerprint density at radius 1 is 1.47 bits per heavy atom. The average molecular weight is 267 g/mol. The minimum atomic E-state index is -0.236. The first-order chi connectivity index (χ1) is 8.29. The van der Waals surface area contributed by atoms with Gasteiger partial charge in [-0.1, -0.05) is 6.07 Å². The second-order valence-corrected chi connectivity index (χ2v) is 5.40. The van der Waals surface area contributed by atoms with E-state index in [0.29, 0.717) is 6.54 Å². The van der Waals surface area contributed by atoms with E-state index < -0.39 is 0 Å². The lowest BCUT2D eigenvalue weighted by atomic mass is 10.2. The maximum Gasteiger partial charge on any atom is 0.319 e. The Balaban J connectivity index is 1.89. The zero-order valence-electron chi connectivity index (χ0n) is 9.43. The van der Waals surface area contributed by atoms with Crippen LogP contribution in [0.25, 0.3) is 10.4 Å². The standard InChI is InChI=1S/C12H13NO2S2/c1-15-12(14)7-13-6-10-5-9(8-17-10)11-3-2-4-16-11/h2-5,8,13H,6-7H2,1H3. The van der Waals surface area contributed by atoms with Crippen LogP contribution in [0.5, 0.6) is 0 Å². The van der Waals surface area contributed by atoms with E-state index in [1.165, 1.54) is 22.4 Å². The van der Waals surface area contributed by atoms with Crippen molar-refractivity contribution in [1.29, 1.82) is 0 Å². The molecule has 0 saturated carbocycles. The molecular weight excluding hydrogens is 254 g/mol. The number of ether oxygens (including phenoxy) is 1. The highest BCUT2D eigenvalue weighted by atomic mass is 32.1. The molecule has 90 valence electrons. The molecule has 1 N–H and O–H groups in total. The van der Waals surface area contributed by atoms with Crippen LogP contribution < -0.4 is 5.32 Å². The highest BCUT2D eigenvalue weighted by molar-refractivity contribution is 7.14. The third-order valence-corrected chi connectivity index (χ3v) is 4.11. The minimum Gasteiger partial charge on any atom is -0.468 e. The van der Waals surface area contributed by atoms with Gasteiger partial charge in [0.25, 0.3) is 0 Å². The summed E-state index contributed by atoms with van der Waals surface area (Å²) >= 11 is 3.43. The van der Waals surface area contributed by atoms with E-state index >= 15 is 0 Å². The number of esters is 1. The van der Waals surface area contributed by atoms with Crippen LogP contribution in [0.3, 0.4) is 0 Å². The van der Waals surface area contributed by atoms with E-state index in [9.17, 15) is 4.79 Å². The molecule has 0 aromatic carbocycles. The Morgan fingerprint density at radius 2 is 2.35 bits per heavy atom. The summed E-state index contributed by atoms with van der Waals surface area (Å²) < 4.78 is 4.56. The quantitative estimate of drug-likeness (QED) is 0.847. The van der Waals surface area contributed by atoms with Gasteiger partial charge < -0.3 is 10.1 Å². The molecule has 0 bridgehead atoms. The molecule has 0 aliphatic heterocycles. The van der Waals surface area contributed by atoms with Gasteiger partial charge in [-0.2, -0.15) is 0 Å². The molecule has 17 heavy (non-hydrogen) atoms. The van der Waals surface area contributed by atoms with Crippen LogP contribution in [0, 0.1) is 0 Å². The van der Waals surface area contributed by atoms with Gasteiger partial charge >= 0.3 is 5.97 Å². The molecule has 3 nitrogen and oxygen atoms in total. The minimum absolute atomic E-state index is 0.236. The van der Waals surface area contributed by atoms with Crippen molar-refractivity contribution in [3.63, 3.8) is 0 Å². The van der Waals surface area contributed by atoms with E-state index in [0.717, 1.165) is 0 Å². The van der Waals surface area contributed by atoms with Crippen molar-refractivity contribution in [3.05, 3.63) is 33.8 Å². The molecule has 0 aliphatic rings. The van der Waals surface area contributed by atoms with Gasteiger partial charge in [0, 0.05) is 21.9 Å². The number of hydrogen-bond acceptors (Lipinski definition) is 5. The fraction of sp³-hybridized carbons (Fsp3) is 0.250. The van der Waals surface area contributed by atoms with E-state index in [4.69, 9.17) is 0 Å². The second-order valence-electron chi connectivity index (χ2n) is 3.46. The van der Waals surface area contributed by atoms with Crippen molar-refractivity contribution in [2.45, 2.75) is 6.54 Å². The molecule has 5 heteroatoms. The number of carbonyl (C=O) groups excluding carboxylic acids is 1. The van der Waals surface area contributed by atoms with Crippen LogP contribution in [0.1, 0.15) is 4.88 Å². The molecule has 2 aromatic heterocycles. The molecule has 0 amide bonds. The summed E-state index contributed by atoms with van der Waals surface area (Å²) in [6.45, 7) is 0.952. The van der Waals surface area contributed by atoms with Gasteiger partial charge in [0.2, 0.25) is 0 Å². The fourth-order valence-corrected chi connectivity index (χ4v) is 3.05. The summed E-state index contributed by atoms with van der Waals surface area (Å²) in [6, 6.07) is 6.31. The number of thiophene rings is 2. The molecule has 2 heterocycles. The normalized spacial score (nSPS) is 10.4. The third-order valence-electron chi connectivity index (χ3n) is 2.26. The highest BCUT2D eigenvalue weighted by Gasteiger charge is 2.04. The maximum absolute atomic E-state index is 10.9. The zero-order valence-corrected chi connectivity index (χ0v) is 11.1. The lowest BCUT2D eigenvalue weighted by molar-refractivity contribution is -0.139. The number of carbonyl (C=O) groups is 1. The van der Waals surface area contributed by atoms with Crippen molar-refractivity contribution in [2.75, 3.05) is 13.7 Å². The topological polar surface area (TPSA) is 38.3 Å². The summed E-state index contributed by atoms with van der Waals surface area (Å²) in [5.41, 5.74) is 1.25. The highest BCUT2D eigenvalue weighted by Crippen LogP contribution is 2.29. The van der Waals surface area contributed by atoms with Crippen LogP contribution >= 0.6 is 22.7 Å². The number of nitrogens with one attached hydrogen (secondary N) is 1. The molecule has 0 saturated heterocycles. The van der Waals surface area contributed by atoms with Crippen LogP contribution in [0.2, 0.25) is 0 Å². The van der Waals surface area contributed by atoms with Crippen LogP contribution in [-0.4, -0.2) is 19.6 Å². The predicted octanol–water partition coefficient (Wildman–Crippen LogP) is 2.74. The molecule has 2 aromatic rings. The second kappa shape index (κ2) is 5.95. The molecule has 0 atom stereocenters. The van der Waals surface area contributed by atoms with E-state index in [1.807, 2.05) is 6.07 Å². The Hall–Kier alpha value is -1.17. The van der Waals surface area contributed by atoms with E-state index in [2.05, 4.69) is 32.9 Å². The van der Waals surface area contributed by atoms with Gasteiger partial charge in [-0.3, -0.25) is 4.79 Å². The molecular formula is C12H13NO2S2. The summed E-state index contributed by atoms with van der Waals surface area (Å²) in [5.74, 6) is -0.236. The molecule has 2 rings (SSSR count). The molecule has 0 spiro atoms. The molecule has 0 fully saturated rings. The smallest absolute Gasteiger partial charge is 0.319 e. The summed E-state index contributed by atoms with van der Waals surface area (Å²) in [4.78, 5) is 13.4. The predicted molar refractivity (Wildman–Crippen MR) is 71.4 cm³/mol. The van der Waals surface area contributed by atoms with Crippen LogP contribution in [0.4, 0.5) is 0 Å². The molecule has 0 radical (unpaired) electrons. The monoisotopic (exact) mass is 267 g/mol. The Labute approximate surface area is 108 Å². The number of rotatable bonds is 5.